The quantitative estimate of drug-likeness (QED) is 0.333. The van der Waals surface area contributed by atoms with Crippen LogP contribution in [0.2, 0.25) is 0 Å². The molecule has 0 saturated carbocycles. The van der Waals surface area contributed by atoms with Crippen LogP contribution in [0.15, 0.2) is 0 Å². The first kappa shape index (κ1) is 18.8. The molecule has 0 aromatic carbocycles. The number of hydrogen-bond donors (Lipinski definition) is 5. The van der Waals surface area contributed by atoms with Gasteiger partial charge in [0.2, 0.25) is 17.7 Å². The van der Waals surface area contributed by atoms with Gasteiger partial charge in [-0.05, 0) is 19.8 Å². The molecule has 23 heavy (non-hydrogen) atoms. The number of aliphatic hydroxyl groups is 1. The first-order valence-electron chi connectivity index (χ1n) is 7.20. The van der Waals surface area contributed by atoms with Crippen molar-refractivity contribution in [3.05, 3.63) is 0 Å². The van der Waals surface area contributed by atoms with Crippen molar-refractivity contribution >= 4 is 23.7 Å². The molecule has 0 radical (unpaired) electrons. The molecule has 0 aromatic heterocycles. The molecule has 1 heterocycles. The van der Waals surface area contributed by atoms with Crippen molar-refractivity contribution in [2.75, 3.05) is 6.54 Å². The highest BCUT2D eigenvalue weighted by atomic mass is 16.4. The number of aliphatic carboxylic acids is 1. The standard InChI is InChI=1S/C13H22N4O6/c1-6(18)10(16-11(20)7(14)5-9(15)19)12(21)17-4-2-3-8(17)13(22)23/h6-8,10,18H,2-5,14H2,1H3,(H2,15,19)(H,16,20)(H,22,23). The van der Waals surface area contributed by atoms with E-state index in [1.807, 2.05) is 0 Å². The Hall–Kier alpha value is -2.20. The van der Waals surface area contributed by atoms with Crippen molar-refractivity contribution in [1.82, 2.24) is 10.2 Å². The van der Waals surface area contributed by atoms with E-state index in [9.17, 15) is 24.3 Å². The summed E-state index contributed by atoms with van der Waals surface area (Å²) < 4.78 is 0. The van der Waals surface area contributed by atoms with Crippen LogP contribution in [-0.4, -0.2) is 69.6 Å². The van der Waals surface area contributed by atoms with Crippen molar-refractivity contribution in [1.29, 1.82) is 0 Å². The van der Waals surface area contributed by atoms with Crippen molar-refractivity contribution in [3.8, 4) is 0 Å². The summed E-state index contributed by atoms with van der Waals surface area (Å²) in [5.41, 5.74) is 10.4. The van der Waals surface area contributed by atoms with Crippen molar-refractivity contribution in [3.63, 3.8) is 0 Å². The molecule has 4 unspecified atom stereocenters. The van der Waals surface area contributed by atoms with Crippen LogP contribution in [0.3, 0.4) is 0 Å². The van der Waals surface area contributed by atoms with Crippen molar-refractivity contribution < 1.29 is 29.4 Å². The summed E-state index contributed by atoms with van der Waals surface area (Å²) >= 11 is 0. The van der Waals surface area contributed by atoms with E-state index in [0.29, 0.717) is 12.8 Å². The van der Waals surface area contributed by atoms with E-state index in [1.165, 1.54) is 6.92 Å². The second-order valence-corrected chi connectivity index (χ2v) is 5.53. The van der Waals surface area contributed by atoms with Gasteiger partial charge in [-0.3, -0.25) is 14.4 Å². The summed E-state index contributed by atoms with van der Waals surface area (Å²) in [6.45, 7) is 1.51. The number of hydrogen-bond acceptors (Lipinski definition) is 6. The summed E-state index contributed by atoms with van der Waals surface area (Å²) in [4.78, 5) is 47.3. The van der Waals surface area contributed by atoms with Gasteiger partial charge in [0.1, 0.15) is 12.1 Å². The predicted octanol–water partition coefficient (Wildman–Crippen LogP) is -2.87. The maximum Gasteiger partial charge on any atom is 0.326 e. The van der Waals surface area contributed by atoms with Gasteiger partial charge in [0.15, 0.2) is 0 Å². The lowest BCUT2D eigenvalue weighted by molar-refractivity contribution is -0.150. The highest BCUT2D eigenvalue weighted by molar-refractivity contribution is 5.93. The Morgan fingerprint density at radius 2 is 1.96 bits per heavy atom. The van der Waals surface area contributed by atoms with Gasteiger partial charge < -0.3 is 31.9 Å². The lowest BCUT2D eigenvalue weighted by Gasteiger charge is -2.29. The number of carbonyl (C=O) groups excluding carboxylic acids is 3. The normalized spacial score (nSPS) is 21.3. The van der Waals surface area contributed by atoms with Crippen LogP contribution < -0.4 is 16.8 Å². The molecule has 1 aliphatic heterocycles. The molecular formula is C13H22N4O6. The van der Waals surface area contributed by atoms with E-state index in [2.05, 4.69) is 5.32 Å². The topological polar surface area (TPSA) is 176 Å². The van der Waals surface area contributed by atoms with Crippen LogP contribution in [0.25, 0.3) is 0 Å². The Labute approximate surface area is 132 Å². The van der Waals surface area contributed by atoms with Gasteiger partial charge in [-0.15, -0.1) is 0 Å². The summed E-state index contributed by atoms with van der Waals surface area (Å²) in [5.74, 6) is -3.45. The Kier molecular flexibility index (Phi) is 6.46. The molecule has 0 bridgehead atoms. The van der Waals surface area contributed by atoms with Crippen LogP contribution in [0.5, 0.6) is 0 Å². The smallest absolute Gasteiger partial charge is 0.326 e. The first-order chi connectivity index (χ1) is 10.6. The SMILES string of the molecule is CC(O)C(NC(=O)C(N)CC(N)=O)C(=O)N1CCCC1C(=O)O. The third-order valence-corrected chi connectivity index (χ3v) is 3.63. The van der Waals surface area contributed by atoms with Crippen LogP contribution in [0, 0.1) is 0 Å². The number of nitrogens with two attached hydrogens (primary N) is 2. The number of rotatable bonds is 7. The minimum absolute atomic E-state index is 0.224. The third kappa shape index (κ3) is 4.89. The van der Waals surface area contributed by atoms with Crippen LogP contribution in [-0.2, 0) is 19.2 Å². The minimum Gasteiger partial charge on any atom is -0.480 e. The molecule has 7 N–H and O–H groups in total. The van der Waals surface area contributed by atoms with Crippen LogP contribution in [0.4, 0.5) is 0 Å². The maximum atomic E-state index is 12.4. The Balaban J connectivity index is 2.81. The number of amides is 3. The van der Waals surface area contributed by atoms with Crippen molar-refractivity contribution in [2.24, 2.45) is 11.5 Å². The average Bonchev–Trinajstić information content (AvgIpc) is 2.92. The Morgan fingerprint density at radius 3 is 2.43 bits per heavy atom. The number of carbonyl (C=O) groups is 4. The molecule has 4 atom stereocenters. The number of likely N-dealkylation sites (tertiary alicyclic amines) is 1. The molecule has 130 valence electrons. The van der Waals surface area contributed by atoms with Crippen LogP contribution >= 0.6 is 0 Å². The van der Waals surface area contributed by atoms with Gasteiger partial charge >= 0.3 is 5.97 Å². The fraction of sp³-hybridized carbons (Fsp3) is 0.692. The number of carboxylic acid groups (broad SMARTS) is 1. The summed E-state index contributed by atoms with van der Waals surface area (Å²) in [6, 6.07) is -3.59. The molecule has 1 rings (SSSR count). The highest BCUT2D eigenvalue weighted by Crippen LogP contribution is 2.19. The zero-order valence-electron chi connectivity index (χ0n) is 12.8. The minimum atomic E-state index is -1.35. The van der Waals surface area contributed by atoms with Gasteiger partial charge in [0.05, 0.1) is 18.6 Å². The number of primary amides is 1. The van der Waals surface area contributed by atoms with Crippen molar-refractivity contribution in [2.45, 2.75) is 50.4 Å². The maximum absolute atomic E-state index is 12.4. The summed E-state index contributed by atoms with van der Waals surface area (Å²) in [5, 5.41) is 21.1. The molecule has 1 fully saturated rings. The monoisotopic (exact) mass is 330 g/mol. The average molecular weight is 330 g/mol. The fourth-order valence-electron chi connectivity index (χ4n) is 2.42. The van der Waals surface area contributed by atoms with Gasteiger partial charge in [0, 0.05) is 6.54 Å². The van der Waals surface area contributed by atoms with E-state index in [-0.39, 0.29) is 6.54 Å². The predicted molar refractivity (Wildman–Crippen MR) is 77.8 cm³/mol. The lowest BCUT2D eigenvalue weighted by atomic mass is 10.1. The lowest BCUT2D eigenvalue weighted by Crippen LogP contribution is -2.58. The van der Waals surface area contributed by atoms with E-state index in [0.717, 1.165) is 4.90 Å². The van der Waals surface area contributed by atoms with Gasteiger partial charge in [-0.2, -0.15) is 0 Å². The summed E-state index contributed by atoms with van der Waals surface area (Å²) in [6.07, 6.45) is -0.844. The number of nitrogens with zero attached hydrogens (tertiary/aromatic N) is 1. The molecular weight excluding hydrogens is 308 g/mol. The van der Waals surface area contributed by atoms with E-state index < -0.39 is 54.3 Å². The molecule has 1 saturated heterocycles. The number of aliphatic hydroxyl groups excluding tert-OH is 1. The zero-order valence-corrected chi connectivity index (χ0v) is 12.8. The molecule has 0 aliphatic carbocycles. The summed E-state index contributed by atoms with van der Waals surface area (Å²) in [7, 11) is 0. The van der Waals surface area contributed by atoms with E-state index in [4.69, 9.17) is 16.6 Å². The second-order valence-electron chi connectivity index (χ2n) is 5.53. The molecule has 10 nitrogen and oxygen atoms in total. The highest BCUT2D eigenvalue weighted by Gasteiger charge is 2.39. The fourth-order valence-corrected chi connectivity index (χ4v) is 2.42. The zero-order chi connectivity index (χ0) is 17.7. The first-order valence-corrected chi connectivity index (χ1v) is 7.20. The van der Waals surface area contributed by atoms with E-state index in [1.54, 1.807) is 0 Å². The Bertz CT molecular complexity index is 495. The van der Waals surface area contributed by atoms with Gasteiger partial charge in [-0.25, -0.2) is 4.79 Å². The van der Waals surface area contributed by atoms with Gasteiger partial charge in [0.25, 0.3) is 0 Å². The largest absolute Gasteiger partial charge is 0.480 e. The molecule has 10 heteroatoms. The van der Waals surface area contributed by atoms with Gasteiger partial charge in [-0.1, -0.05) is 0 Å². The van der Waals surface area contributed by atoms with E-state index >= 15 is 0 Å². The molecule has 3 amide bonds. The third-order valence-electron chi connectivity index (χ3n) is 3.63. The second kappa shape index (κ2) is 7.88. The molecule has 1 aliphatic rings. The van der Waals surface area contributed by atoms with Crippen LogP contribution in [0.1, 0.15) is 26.2 Å². The molecule has 0 spiro atoms. The number of carboxylic acids is 1. The molecule has 0 aromatic rings. The Morgan fingerprint density at radius 1 is 1.35 bits per heavy atom. The number of nitrogens with one attached hydrogen (secondary N) is 1.